The predicted molar refractivity (Wildman–Crippen MR) is 73.7 cm³/mol. The highest BCUT2D eigenvalue weighted by Crippen LogP contribution is 2.23. The lowest BCUT2D eigenvalue weighted by molar-refractivity contribution is -0.119. The fourth-order valence-corrected chi connectivity index (χ4v) is 2.91. The zero-order valence-electron chi connectivity index (χ0n) is 11.2. The third-order valence-electron chi connectivity index (χ3n) is 3.07. The minimum Gasteiger partial charge on any atom is -0.352 e. The monoisotopic (exact) mass is 267 g/mol. The topological polar surface area (TPSA) is 54.0 Å². The van der Waals surface area contributed by atoms with E-state index in [1.54, 1.807) is 11.3 Å². The molecule has 1 atom stereocenters. The van der Waals surface area contributed by atoms with Crippen LogP contribution in [-0.2, 0) is 16.8 Å². The molecule has 0 saturated carbocycles. The third-order valence-corrected chi connectivity index (χ3v) is 3.92. The van der Waals surface area contributed by atoms with Crippen LogP contribution in [0.5, 0.6) is 0 Å². The summed E-state index contributed by atoms with van der Waals surface area (Å²) in [5.74, 6) is 0.172. The first kappa shape index (κ1) is 13.5. The van der Waals surface area contributed by atoms with Crippen molar-refractivity contribution in [3.63, 3.8) is 0 Å². The maximum atomic E-state index is 11.1. The van der Waals surface area contributed by atoms with Crippen LogP contribution in [-0.4, -0.2) is 23.5 Å². The van der Waals surface area contributed by atoms with Crippen molar-refractivity contribution in [3.8, 4) is 0 Å². The fourth-order valence-electron chi connectivity index (χ4n) is 1.92. The van der Waals surface area contributed by atoms with Gasteiger partial charge in [-0.25, -0.2) is 4.98 Å². The summed E-state index contributed by atoms with van der Waals surface area (Å²) in [6.45, 7) is 8.14. The summed E-state index contributed by atoms with van der Waals surface area (Å²) < 4.78 is 0. The van der Waals surface area contributed by atoms with Gasteiger partial charge >= 0.3 is 0 Å². The summed E-state index contributed by atoms with van der Waals surface area (Å²) in [6, 6.07) is 0.291. The van der Waals surface area contributed by atoms with Gasteiger partial charge in [-0.15, -0.1) is 11.3 Å². The molecule has 2 rings (SSSR count). The van der Waals surface area contributed by atoms with E-state index in [2.05, 4.69) is 41.8 Å². The summed E-state index contributed by atoms with van der Waals surface area (Å²) in [5, 5.41) is 9.56. The van der Waals surface area contributed by atoms with Crippen LogP contribution in [0.4, 0.5) is 0 Å². The minimum atomic E-state index is 0.119. The fraction of sp³-hybridized carbons (Fsp3) is 0.692. The third kappa shape index (κ3) is 3.53. The number of hydrogen-bond acceptors (Lipinski definition) is 4. The van der Waals surface area contributed by atoms with Crippen LogP contribution in [0.25, 0.3) is 0 Å². The van der Waals surface area contributed by atoms with Crippen LogP contribution in [0.2, 0.25) is 0 Å². The Hall–Kier alpha value is -0.940. The van der Waals surface area contributed by atoms with Crippen molar-refractivity contribution in [1.82, 2.24) is 15.6 Å². The molecular formula is C13H21N3OS. The highest BCUT2D eigenvalue weighted by atomic mass is 32.1. The van der Waals surface area contributed by atoms with E-state index in [0.717, 1.165) is 30.2 Å². The van der Waals surface area contributed by atoms with Crippen LogP contribution >= 0.6 is 11.3 Å². The smallest absolute Gasteiger partial charge is 0.220 e. The lowest BCUT2D eigenvalue weighted by Crippen LogP contribution is -2.35. The number of hydrogen-bond donors (Lipinski definition) is 2. The molecule has 1 aromatic heterocycles. The maximum absolute atomic E-state index is 11.1. The number of thiazole rings is 1. The van der Waals surface area contributed by atoms with Gasteiger partial charge in [-0.2, -0.15) is 0 Å². The standard InChI is InChI=1S/C13H21N3OS/c1-13(2,3)10-8-18-12(16-10)7-14-6-9-4-5-11(17)15-9/h8-9,14H,4-7H2,1-3H3,(H,15,17). The van der Waals surface area contributed by atoms with E-state index in [0.29, 0.717) is 12.5 Å². The summed E-state index contributed by atoms with van der Waals surface area (Å²) in [4.78, 5) is 15.7. The lowest BCUT2D eigenvalue weighted by Gasteiger charge is -2.14. The van der Waals surface area contributed by atoms with E-state index < -0.39 is 0 Å². The predicted octanol–water partition coefficient (Wildman–Crippen LogP) is 1.81. The van der Waals surface area contributed by atoms with Gasteiger partial charge in [-0.1, -0.05) is 20.8 Å². The number of nitrogens with one attached hydrogen (secondary N) is 2. The molecule has 4 nitrogen and oxygen atoms in total. The van der Waals surface area contributed by atoms with Gasteiger partial charge in [0.2, 0.25) is 5.91 Å². The van der Waals surface area contributed by atoms with Gasteiger partial charge in [0.15, 0.2) is 0 Å². The number of nitrogens with zero attached hydrogens (tertiary/aromatic N) is 1. The Bertz CT molecular complexity index is 422. The van der Waals surface area contributed by atoms with E-state index in [4.69, 9.17) is 0 Å². The normalized spacial score (nSPS) is 20.2. The number of amides is 1. The molecule has 0 bridgehead atoms. The van der Waals surface area contributed by atoms with E-state index in [9.17, 15) is 4.79 Å². The number of rotatable bonds is 4. The summed E-state index contributed by atoms with van der Waals surface area (Å²) in [5.41, 5.74) is 1.27. The van der Waals surface area contributed by atoms with Crippen LogP contribution in [0.1, 0.15) is 44.3 Å². The lowest BCUT2D eigenvalue weighted by atomic mass is 9.93. The molecule has 0 radical (unpaired) electrons. The average molecular weight is 267 g/mol. The van der Waals surface area contributed by atoms with E-state index in [1.807, 2.05) is 0 Å². The summed E-state index contributed by atoms with van der Waals surface area (Å²) in [7, 11) is 0. The van der Waals surface area contributed by atoms with Gasteiger partial charge in [0.25, 0.3) is 0 Å². The Morgan fingerprint density at radius 1 is 1.56 bits per heavy atom. The molecule has 1 fully saturated rings. The van der Waals surface area contributed by atoms with E-state index in [1.165, 1.54) is 0 Å². The first-order valence-corrected chi connectivity index (χ1v) is 7.28. The molecule has 1 unspecified atom stereocenters. The minimum absolute atomic E-state index is 0.119. The Labute approximate surface area is 112 Å². The van der Waals surface area contributed by atoms with Gasteiger partial charge in [0.05, 0.1) is 5.69 Å². The van der Waals surface area contributed by atoms with Gasteiger partial charge in [0, 0.05) is 36.3 Å². The molecule has 2 heterocycles. The maximum Gasteiger partial charge on any atom is 0.220 e. The molecule has 0 spiro atoms. The molecule has 1 aromatic rings. The quantitative estimate of drug-likeness (QED) is 0.875. The molecule has 1 saturated heterocycles. The molecule has 0 aliphatic carbocycles. The van der Waals surface area contributed by atoms with Crippen molar-refractivity contribution in [1.29, 1.82) is 0 Å². The number of carbonyl (C=O) groups excluding carboxylic acids is 1. The van der Waals surface area contributed by atoms with Crippen LogP contribution < -0.4 is 10.6 Å². The van der Waals surface area contributed by atoms with Gasteiger partial charge in [0.1, 0.15) is 5.01 Å². The zero-order valence-corrected chi connectivity index (χ0v) is 12.1. The van der Waals surface area contributed by atoms with Gasteiger partial charge in [-0.05, 0) is 6.42 Å². The van der Waals surface area contributed by atoms with Crippen molar-refractivity contribution in [2.45, 2.75) is 51.6 Å². The highest BCUT2D eigenvalue weighted by molar-refractivity contribution is 7.09. The molecule has 5 heteroatoms. The second kappa shape index (κ2) is 5.36. The van der Waals surface area contributed by atoms with Crippen molar-refractivity contribution in [2.75, 3.05) is 6.54 Å². The molecule has 2 N–H and O–H groups in total. The van der Waals surface area contributed by atoms with Gasteiger partial charge < -0.3 is 10.6 Å². The van der Waals surface area contributed by atoms with Crippen LogP contribution in [0.3, 0.4) is 0 Å². The Kier molecular flexibility index (Phi) is 4.02. The second-order valence-corrected chi connectivity index (χ2v) is 6.75. The molecule has 18 heavy (non-hydrogen) atoms. The van der Waals surface area contributed by atoms with E-state index >= 15 is 0 Å². The molecule has 100 valence electrons. The molecule has 1 aliphatic heterocycles. The Morgan fingerprint density at radius 2 is 2.33 bits per heavy atom. The van der Waals surface area contributed by atoms with Crippen molar-refractivity contribution >= 4 is 17.2 Å². The molecular weight excluding hydrogens is 246 g/mol. The van der Waals surface area contributed by atoms with Crippen molar-refractivity contribution in [3.05, 3.63) is 16.1 Å². The molecule has 0 aromatic carbocycles. The SMILES string of the molecule is CC(C)(C)c1csc(CNCC2CCC(=O)N2)n1. The highest BCUT2D eigenvalue weighted by Gasteiger charge is 2.20. The largest absolute Gasteiger partial charge is 0.352 e. The number of carbonyl (C=O) groups is 1. The number of aromatic nitrogens is 1. The van der Waals surface area contributed by atoms with E-state index in [-0.39, 0.29) is 11.3 Å². The molecule has 1 amide bonds. The second-order valence-electron chi connectivity index (χ2n) is 5.81. The zero-order chi connectivity index (χ0) is 13.2. The first-order valence-electron chi connectivity index (χ1n) is 6.40. The summed E-state index contributed by atoms with van der Waals surface area (Å²) in [6.07, 6.45) is 1.61. The van der Waals surface area contributed by atoms with Crippen LogP contribution in [0, 0.1) is 0 Å². The van der Waals surface area contributed by atoms with Crippen molar-refractivity contribution in [2.24, 2.45) is 0 Å². The summed E-state index contributed by atoms with van der Waals surface area (Å²) >= 11 is 1.70. The first-order chi connectivity index (χ1) is 8.45. The Balaban J connectivity index is 1.77. The van der Waals surface area contributed by atoms with Gasteiger partial charge in [-0.3, -0.25) is 4.79 Å². The van der Waals surface area contributed by atoms with Crippen molar-refractivity contribution < 1.29 is 4.79 Å². The average Bonchev–Trinajstić information content (AvgIpc) is 2.87. The Morgan fingerprint density at radius 3 is 2.89 bits per heavy atom. The molecule has 1 aliphatic rings. The van der Waals surface area contributed by atoms with Crippen LogP contribution in [0.15, 0.2) is 5.38 Å².